The van der Waals surface area contributed by atoms with Gasteiger partial charge in [-0.25, -0.2) is 4.79 Å². The molecule has 84 valence electrons. The van der Waals surface area contributed by atoms with Gasteiger partial charge in [0, 0.05) is 0 Å². The first-order valence-electron chi connectivity index (χ1n) is 3.83. The number of hydrogen-bond donors (Lipinski definition) is 1. The molecule has 1 N–H and O–H groups in total. The van der Waals surface area contributed by atoms with Crippen molar-refractivity contribution in [2.45, 2.75) is 13.1 Å². The first-order chi connectivity index (χ1) is 6.88. The fourth-order valence-corrected chi connectivity index (χ4v) is 1.65. The predicted molar refractivity (Wildman–Crippen MR) is 45.9 cm³/mol. The third-order valence-corrected chi connectivity index (χ3v) is 2.31. The topological polar surface area (TPSA) is 59.2 Å². The van der Waals surface area contributed by atoms with E-state index < -0.39 is 28.1 Å². The van der Waals surface area contributed by atoms with Crippen LogP contribution in [0.15, 0.2) is 4.79 Å². The summed E-state index contributed by atoms with van der Waals surface area (Å²) in [6.45, 7) is 1.41. The van der Waals surface area contributed by atoms with E-state index in [1.165, 1.54) is 6.92 Å². The van der Waals surface area contributed by atoms with E-state index in [-0.39, 0.29) is 6.61 Å². The normalized spacial score (nSPS) is 11.5. The molecule has 1 aromatic rings. The SMILES string of the molecule is CCOC(=O)c1s[nH]c(=O)c1C(F)(F)F. The standard InChI is InChI=1S/C7H6F3NO3S/c1-2-14-6(13)4-3(7(8,9)10)5(12)11-15-4/h2H2,1H3,(H,11,12). The van der Waals surface area contributed by atoms with Crippen LogP contribution in [0.4, 0.5) is 13.2 Å². The number of aromatic amines is 1. The smallest absolute Gasteiger partial charge is 0.423 e. The maximum atomic E-state index is 12.3. The van der Waals surface area contributed by atoms with Crippen LogP contribution in [0.3, 0.4) is 0 Å². The van der Waals surface area contributed by atoms with E-state index >= 15 is 0 Å². The van der Waals surface area contributed by atoms with Crippen LogP contribution in [-0.4, -0.2) is 16.9 Å². The van der Waals surface area contributed by atoms with E-state index in [4.69, 9.17) is 0 Å². The van der Waals surface area contributed by atoms with Crippen molar-refractivity contribution in [3.63, 3.8) is 0 Å². The third-order valence-electron chi connectivity index (χ3n) is 1.44. The van der Waals surface area contributed by atoms with Gasteiger partial charge in [-0.3, -0.25) is 9.17 Å². The summed E-state index contributed by atoms with van der Waals surface area (Å²) in [7, 11) is 0. The Balaban J connectivity index is 3.21. The molecule has 0 spiro atoms. The van der Waals surface area contributed by atoms with Gasteiger partial charge in [0.1, 0.15) is 10.4 Å². The molecule has 0 fully saturated rings. The quantitative estimate of drug-likeness (QED) is 0.800. The highest BCUT2D eigenvalue weighted by Crippen LogP contribution is 2.31. The molecule has 15 heavy (non-hydrogen) atoms. The van der Waals surface area contributed by atoms with Crippen molar-refractivity contribution in [3.05, 3.63) is 20.8 Å². The number of carbonyl (C=O) groups excluding carboxylic acids is 1. The summed E-state index contributed by atoms with van der Waals surface area (Å²) < 4.78 is 43.2. The molecule has 0 aliphatic carbocycles. The van der Waals surface area contributed by atoms with Crippen LogP contribution in [0.5, 0.6) is 0 Å². The summed E-state index contributed by atoms with van der Waals surface area (Å²) in [5.74, 6) is -1.15. The maximum absolute atomic E-state index is 12.3. The molecule has 0 amide bonds. The zero-order valence-electron chi connectivity index (χ0n) is 7.47. The summed E-state index contributed by atoms with van der Waals surface area (Å²) in [6, 6.07) is 0. The number of hydrogen-bond acceptors (Lipinski definition) is 4. The number of ether oxygens (including phenoxy) is 1. The van der Waals surface area contributed by atoms with E-state index in [1.807, 2.05) is 4.37 Å². The highest BCUT2D eigenvalue weighted by molar-refractivity contribution is 7.08. The summed E-state index contributed by atoms with van der Waals surface area (Å²) in [5, 5.41) is 0. The highest BCUT2D eigenvalue weighted by atomic mass is 32.1. The Morgan fingerprint density at radius 3 is 2.60 bits per heavy atom. The largest absolute Gasteiger partial charge is 0.462 e. The summed E-state index contributed by atoms with van der Waals surface area (Å²) in [5.41, 5.74) is -2.82. The van der Waals surface area contributed by atoms with Crippen molar-refractivity contribution in [1.82, 2.24) is 4.37 Å². The van der Waals surface area contributed by atoms with Gasteiger partial charge in [0.25, 0.3) is 5.56 Å². The molecule has 0 radical (unpaired) electrons. The van der Waals surface area contributed by atoms with Crippen LogP contribution < -0.4 is 5.56 Å². The molecule has 0 atom stereocenters. The molecule has 8 heteroatoms. The number of carbonyl (C=O) groups is 1. The van der Waals surface area contributed by atoms with Gasteiger partial charge in [-0.1, -0.05) is 11.5 Å². The van der Waals surface area contributed by atoms with E-state index in [9.17, 15) is 22.8 Å². The molecule has 0 saturated heterocycles. The number of rotatable bonds is 2. The average molecular weight is 241 g/mol. The van der Waals surface area contributed by atoms with E-state index in [0.29, 0.717) is 11.5 Å². The second kappa shape index (κ2) is 4.05. The van der Waals surface area contributed by atoms with Crippen LogP contribution in [0.25, 0.3) is 0 Å². The van der Waals surface area contributed by atoms with Gasteiger partial charge in [0.05, 0.1) is 6.61 Å². The fourth-order valence-electron chi connectivity index (χ4n) is 0.900. The highest BCUT2D eigenvalue weighted by Gasteiger charge is 2.40. The van der Waals surface area contributed by atoms with Crippen LogP contribution in [0, 0.1) is 0 Å². The minimum Gasteiger partial charge on any atom is -0.462 e. The maximum Gasteiger partial charge on any atom is 0.423 e. The molecule has 1 aromatic heterocycles. The van der Waals surface area contributed by atoms with Gasteiger partial charge in [-0.15, -0.1) is 0 Å². The van der Waals surface area contributed by atoms with Crippen molar-refractivity contribution in [3.8, 4) is 0 Å². The summed E-state index contributed by atoms with van der Waals surface area (Å²) in [6.07, 6.45) is -4.85. The number of H-pyrrole nitrogens is 1. The fraction of sp³-hybridized carbons (Fsp3) is 0.429. The molecule has 1 heterocycles. The minimum atomic E-state index is -4.85. The molecule has 0 saturated carbocycles. The lowest BCUT2D eigenvalue weighted by molar-refractivity contribution is -0.138. The Labute approximate surface area is 85.8 Å². The number of alkyl halides is 3. The van der Waals surface area contributed by atoms with Gasteiger partial charge in [0.15, 0.2) is 0 Å². The first kappa shape index (κ1) is 11.8. The summed E-state index contributed by atoms with van der Waals surface area (Å²) >= 11 is 0.319. The Morgan fingerprint density at radius 1 is 1.53 bits per heavy atom. The van der Waals surface area contributed by atoms with Crippen LogP contribution in [0.1, 0.15) is 22.2 Å². The molecule has 0 unspecified atom stereocenters. The zero-order valence-corrected chi connectivity index (χ0v) is 8.29. The van der Waals surface area contributed by atoms with Gasteiger partial charge in [-0.2, -0.15) is 13.2 Å². The number of esters is 1. The number of halogens is 3. The average Bonchev–Trinajstić information content (AvgIpc) is 2.46. The van der Waals surface area contributed by atoms with Gasteiger partial charge < -0.3 is 4.74 Å². The molecule has 4 nitrogen and oxygen atoms in total. The molecule has 0 aliphatic rings. The lowest BCUT2D eigenvalue weighted by Crippen LogP contribution is -2.20. The Hall–Kier alpha value is -1.31. The second-order valence-electron chi connectivity index (χ2n) is 2.46. The van der Waals surface area contributed by atoms with Crippen molar-refractivity contribution in [2.24, 2.45) is 0 Å². The lowest BCUT2D eigenvalue weighted by atomic mass is 10.2. The molecule has 1 rings (SSSR count). The number of nitrogens with one attached hydrogen (secondary N) is 1. The van der Waals surface area contributed by atoms with Gasteiger partial charge >= 0.3 is 12.1 Å². The van der Waals surface area contributed by atoms with Crippen molar-refractivity contribution in [1.29, 1.82) is 0 Å². The van der Waals surface area contributed by atoms with E-state index in [2.05, 4.69) is 4.74 Å². The molecule has 0 aliphatic heterocycles. The van der Waals surface area contributed by atoms with Crippen LogP contribution in [0.2, 0.25) is 0 Å². The van der Waals surface area contributed by atoms with Gasteiger partial charge in [-0.05, 0) is 6.92 Å². The van der Waals surface area contributed by atoms with Crippen LogP contribution in [-0.2, 0) is 10.9 Å². The lowest BCUT2D eigenvalue weighted by Gasteiger charge is -2.04. The monoisotopic (exact) mass is 241 g/mol. The Kier molecular flexibility index (Phi) is 3.18. The van der Waals surface area contributed by atoms with Crippen molar-refractivity contribution < 1.29 is 22.7 Å². The Bertz CT molecular complexity index is 420. The van der Waals surface area contributed by atoms with E-state index in [0.717, 1.165) is 0 Å². The van der Waals surface area contributed by atoms with Crippen molar-refractivity contribution >= 4 is 17.5 Å². The zero-order chi connectivity index (χ0) is 11.6. The molecular formula is C7H6F3NO3S. The second-order valence-corrected chi connectivity index (χ2v) is 3.27. The molecular weight excluding hydrogens is 235 g/mol. The number of aromatic nitrogens is 1. The molecule has 0 bridgehead atoms. The minimum absolute atomic E-state index is 0.0534. The summed E-state index contributed by atoms with van der Waals surface area (Å²) in [4.78, 5) is 21.1. The van der Waals surface area contributed by atoms with Gasteiger partial charge in [0.2, 0.25) is 0 Å². The first-order valence-corrected chi connectivity index (χ1v) is 4.65. The predicted octanol–water partition coefficient (Wildman–Crippen LogP) is 1.63. The van der Waals surface area contributed by atoms with Crippen molar-refractivity contribution in [2.75, 3.05) is 6.61 Å². The van der Waals surface area contributed by atoms with Crippen LogP contribution >= 0.6 is 11.5 Å². The Morgan fingerprint density at radius 2 is 2.13 bits per heavy atom. The molecule has 0 aromatic carbocycles. The van der Waals surface area contributed by atoms with E-state index in [1.54, 1.807) is 0 Å². The third kappa shape index (κ3) is 2.38.